The van der Waals surface area contributed by atoms with Crippen molar-refractivity contribution in [2.75, 3.05) is 0 Å². The van der Waals surface area contributed by atoms with Crippen molar-refractivity contribution >= 4 is 34.5 Å². The summed E-state index contributed by atoms with van der Waals surface area (Å²) in [6, 6.07) is 7.20. The fraction of sp³-hybridized carbons (Fsp3) is 0.286. The molecule has 0 saturated carbocycles. The Morgan fingerprint density at radius 3 is 2.63 bits per heavy atom. The Bertz CT molecular complexity index is 530. The molecule has 0 radical (unpaired) electrons. The SMILES string of the molecule is CCC(N)C(Oc1ccc(Cl)c(Cl)c1)c1ccsc1. The molecule has 0 aliphatic carbocycles. The molecule has 0 fully saturated rings. The third-order valence-corrected chi connectivity index (χ3v) is 4.33. The van der Waals surface area contributed by atoms with Crippen molar-refractivity contribution in [1.29, 1.82) is 0 Å². The third kappa shape index (κ3) is 3.63. The molecule has 0 spiro atoms. The summed E-state index contributed by atoms with van der Waals surface area (Å²) in [7, 11) is 0. The van der Waals surface area contributed by atoms with Crippen LogP contribution in [0.15, 0.2) is 35.0 Å². The van der Waals surface area contributed by atoms with E-state index in [1.165, 1.54) is 0 Å². The van der Waals surface area contributed by atoms with Crippen LogP contribution >= 0.6 is 34.5 Å². The lowest BCUT2D eigenvalue weighted by Crippen LogP contribution is -2.31. The first-order valence-electron chi connectivity index (χ1n) is 6.01. The molecule has 1 aromatic heterocycles. The van der Waals surface area contributed by atoms with Gasteiger partial charge in [-0.25, -0.2) is 0 Å². The maximum Gasteiger partial charge on any atom is 0.140 e. The zero-order chi connectivity index (χ0) is 13.8. The van der Waals surface area contributed by atoms with Gasteiger partial charge in [-0.05, 0) is 35.4 Å². The number of halogens is 2. The molecular formula is C14H15Cl2NOS. The third-order valence-electron chi connectivity index (χ3n) is 2.89. The van der Waals surface area contributed by atoms with Crippen LogP contribution in [-0.4, -0.2) is 6.04 Å². The van der Waals surface area contributed by atoms with E-state index in [-0.39, 0.29) is 12.1 Å². The van der Waals surface area contributed by atoms with Crippen LogP contribution in [0.5, 0.6) is 5.75 Å². The van der Waals surface area contributed by atoms with E-state index in [0.717, 1.165) is 12.0 Å². The Balaban J connectivity index is 2.23. The molecule has 2 atom stereocenters. The summed E-state index contributed by atoms with van der Waals surface area (Å²) in [5.41, 5.74) is 7.23. The molecule has 0 aliphatic rings. The van der Waals surface area contributed by atoms with E-state index >= 15 is 0 Å². The summed E-state index contributed by atoms with van der Waals surface area (Å²) in [6.07, 6.45) is 0.662. The minimum Gasteiger partial charge on any atom is -0.484 e. The zero-order valence-corrected chi connectivity index (χ0v) is 12.8. The van der Waals surface area contributed by atoms with Crippen LogP contribution in [0.4, 0.5) is 0 Å². The van der Waals surface area contributed by atoms with Crippen molar-refractivity contribution in [1.82, 2.24) is 0 Å². The standard InChI is InChI=1S/C14H15Cl2NOS/c1-2-13(17)14(9-5-6-19-8-9)18-10-3-4-11(15)12(16)7-10/h3-8,13-14H,2,17H2,1H3. The van der Waals surface area contributed by atoms with Crippen LogP contribution in [0.25, 0.3) is 0 Å². The zero-order valence-electron chi connectivity index (χ0n) is 10.5. The monoisotopic (exact) mass is 315 g/mol. The number of benzene rings is 1. The minimum absolute atomic E-state index is 0.0657. The topological polar surface area (TPSA) is 35.2 Å². The summed E-state index contributed by atoms with van der Waals surface area (Å²) in [5.74, 6) is 0.675. The lowest BCUT2D eigenvalue weighted by atomic mass is 10.0. The molecule has 2 nitrogen and oxygen atoms in total. The molecule has 0 amide bonds. The van der Waals surface area contributed by atoms with Gasteiger partial charge < -0.3 is 10.5 Å². The fourth-order valence-corrected chi connectivity index (χ4v) is 2.72. The van der Waals surface area contributed by atoms with Gasteiger partial charge in [0.1, 0.15) is 11.9 Å². The Morgan fingerprint density at radius 2 is 2.05 bits per heavy atom. The molecule has 5 heteroatoms. The van der Waals surface area contributed by atoms with Crippen molar-refractivity contribution < 1.29 is 4.74 Å². The first-order chi connectivity index (χ1) is 9.11. The van der Waals surface area contributed by atoms with Crippen LogP contribution in [0.2, 0.25) is 10.0 Å². The summed E-state index contributed by atoms with van der Waals surface area (Å²) in [5, 5.41) is 5.06. The predicted octanol–water partition coefficient (Wildman–Crippen LogP) is 4.91. The molecule has 19 heavy (non-hydrogen) atoms. The smallest absolute Gasteiger partial charge is 0.140 e. The van der Waals surface area contributed by atoms with Crippen molar-refractivity contribution in [3.05, 3.63) is 50.6 Å². The first-order valence-corrected chi connectivity index (χ1v) is 7.71. The van der Waals surface area contributed by atoms with E-state index < -0.39 is 0 Å². The van der Waals surface area contributed by atoms with Gasteiger partial charge in [0, 0.05) is 17.7 Å². The molecule has 2 N–H and O–H groups in total. The van der Waals surface area contributed by atoms with Crippen molar-refractivity contribution in [2.24, 2.45) is 5.73 Å². The van der Waals surface area contributed by atoms with Crippen LogP contribution in [0, 0.1) is 0 Å². The van der Waals surface area contributed by atoms with Crippen molar-refractivity contribution in [3.8, 4) is 5.75 Å². The van der Waals surface area contributed by atoms with Gasteiger partial charge in [0.2, 0.25) is 0 Å². The van der Waals surface area contributed by atoms with E-state index in [4.69, 9.17) is 33.7 Å². The predicted molar refractivity (Wildman–Crippen MR) is 82.4 cm³/mol. The molecule has 0 saturated heterocycles. The van der Waals surface area contributed by atoms with Crippen LogP contribution in [0.1, 0.15) is 25.0 Å². The van der Waals surface area contributed by atoms with E-state index in [0.29, 0.717) is 15.8 Å². The van der Waals surface area contributed by atoms with Gasteiger partial charge in [-0.2, -0.15) is 11.3 Å². The average Bonchev–Trinajstić information content (AvgIpc) is 2.93. The maximum absolute atomic E-state index is 6.14. The van der Waals surface area contributed by atoms with E-state index in [9.17, 15) is 0 Å². The summed E-state index contributed by atoms with van der Waals surface area (Å²) in [6.45, 7) is 2.04. The number of ether oxygens (including phenoxy) is 1. The summed E-state index contributed by atoms with van der Waals surface area (Å²) < 4.78 is 5.99. The Labute approximate surface area is 127 Å². The van der Waals surface area contributed by atoms with Gasteiger partial charge in [-0.15, -0.1) is 0 Å². The normalized spacial score (nSPS) is 14.1. The Kier molecular flexibility index (Phi) is 5.11. The molecule has 102 valence electrons. The number of rotatable bonds is 5. The molecule has 1 aromatic carbocycles. The van der Waals surface area contributed by atoms with E-state index in [2.05, 4.69) is 5.38 Å². The highest BCUT2D eigenvalue weighted by molar-refractivity contribution is 7.07. The largest absolute Gasteiger partial charge is 0.484 e. The van der Waals surface area contributed by atoms with Gasteiger partial charge in [0.05, 0.1) is 10.0 Å². The summed E-state index contributed by atoms with van der Waals surface area (Å²) >= 11 is 13.5. The second-order valence-electron chi connectivity index (χ2n) is 4.24. The summed E-state index contributed by atoms with van der Waals surface area (Å²) in [4.78, 5) is 0. The number of hydrogen-bond donors (Lipinski definition) is 1. The lowest BCUT2D eigenvalue weighted by Gasteiger charge is -2.24. The maximum atomic E-state index is 6.14. The average molecular weight is 316 g/mol. The van der Waals surface area contributed by atoms with Crippen molar-refractivity contribution in [2.45, 2.75) is 25.5 Å². The van der Waals surface area contributed by atoms with Crippen molar-refractivity contribution in [3.63, 3.8) is 0 Å². The second-order valence-corrected chi connectivity index (χ2v) is 5.84. The number of hydrogen-bond acceptors (Lipinski definition) is 3. The van der Waals surface area contributed by atoms with E-state index in [1.54, 1.807) is 29.5 Å². The van der Waals surface area contributed by atoms with Gasteiger partial charge in [-0.1, -0.05) is 30.1 Å². The number of nitrogens with two attached hydrogens (primary N) is 1. The minimum atomic E-state index is -0.173. The molecule has 0 aliphatic heterocycles. The van der Waals surface area contributed by atoms with Crippen LogP contribution in [-0.2, 0) is 0 Å². The molecule has 1 heterocycles. The molecule has 2 rings (SSSR count). The van der Waals surface area contributed by atoms with Gasteiger partial charge >= 0.3 is 0 Å². The molecular weight excluding hydrogens is 301 g/mol. The van der Waals surface area contributed by atoms with Gasteiger partial charge in [0.15, 0.2) is 0 Å². The van der Waals surface area contributed by atoms with E-state index in [1.807, 2.05) is 18.4 Å². The van der Waals surface area contributed by atoms with Crippen LogP contribution < -0.4 is 10.5 Å². The number of thiophene rings is 1. The fourth-order valence-electron chi connectivity index (χ4n) is 1.75. The lowest BCUT2D eigenvalue weighted by molar-refractivity contribution is 0.171. The second kappa shape index (κ2) is 6.62. The quantitative estimate of drug-likeness (QED) is 0.850. The Hall–Kier alpha value is -0.740. The van der Waals surface area contributed by atoms with Crippen LogP contribution in [0.3, 0.4) is 0 Å². The highest BCUT2D eigenvalue weighted by atomic mass is 35.5. The molecule has 0 bridgehead atoms. The molecule has 2 unspecified atom stereocenters. The Morgan fingerprint density at radius 1 is 1.26 bits per heavy atom. The first kappa shape index (κ1) is 14.7. The highest BCUT2D eigenvalue weighted by Crippen LogP contribution is 2.31. The molecule has 2 aromatic rings. The van der Waals surface area contributed by atoms with Gasteiger partial charge in [-0.3, -0.25) is 0 Å². The highest BCUT2D eigenvalue weighted by Gasteiger charge is 2.21. The van der Waals surface area contributed by atoms with Gasteiger partial charge in [0.25, 0.3) is 0 Å².